The maximum Gasteiger partial charge on any atom is 0.306 e. The average molecular weight is 212 g/mol. The Hall–Kier alpha value is -1.34. The number of carbonyl (C=O) groups excluding carboxylic acids is 2. The zero-order valence-corrected chi connectivity index (χ0v) is 9.33. The van der Waals surface area contributed by atoms with Crippen molar-refractivity contribution >= 4 is 11.8 Å². The zero-order valence-electron chi connectivity index (χ0n) is 9.33. The minimum atomic E-state index is -0.426. The molecule has 0 rings (SSSR count). The minimum Gasteiger partial charge on any atom is -0.469 e. The summed E-state index contributed by atoms with van der Waals surface area (Å²) in [5, 5.41) is 0. The highest BCUT2D eigenvalue weighted by molar-refractivity contribution is 5.98. The van der Waals surface area contributed by atoms with Crippen LogP contribution in [0.15, 0.2) is 0 Å². The topological polar surface area (TPSA) is 52.6 Å². The summed E-state index contributed by atoms with van der Waals surface area (Å²) >= 11 is 0. The largest absolute Gasteiger partial charge is 0.469 e. The fraction of sp³-hybridized carbons (Fsp3) is 0.636. The molecule has 0 aliphatic heterocycles. The number of hydrogen-bond acceptors (Lipinski definition) is 4. The first-order valence-corrected chi connectivity index (χ1v) is 4.68. The quantitative estimate of drug-likeness (QED) is 0.371. The molecule has 0 spiro atoms. The number of ketones is 1. The van der Waals surface area contributed by atoms with E-state index < -0.39 is 11.9 Å². The summed E-state index contributed by atoms with van der Waals surface area (Å²) in [6.45, 7) is 2.02. The number of Topliss-reactive ketones (excluding diaryl/α,β-unsaturated/α-hetero) is 1. The van der Waals surface area contributed by atoms with E-state index in [4.69, 9.17) is 4.74 Å². The van der Waals surface area contributed by atoms with Crippen LogP contribution >= 0.6 is 0 Å². The van der Waals surface area contributed by atoms with Crippen LogP contribution in [0.2, 0.25) is 0 Å². The monoisotopic (exact) mass is 212 g/mol. The molecule has 4 heteroatoms. The van der Waals surface area contributed by atoms with E-state index in [0.717, 1.165) is 0 Å². The first kappa shape index (κ1) is 13.7. The van der Waals surface area contributed by atoms with Gasteiger partial charge in [-0.25, -0.2) is 0 Å². The lowest BCUT2D eigenvalue weighted by atomic mass is 9.97. The van der Waals surface area contributed by atoms with Crippen molar-refractivity contribution in [1.82, 2.24) is 0 Å². The van der Waals surface area contributed by atoms with E-state index in [2.05, 4.69) is 16.6 Å². The Morgan fingerprint density at radius 1 is 1.33 bits per heavy atom. The maximum absolute atomic E-state index is 11.5. The van der Waals surface area contributed by atoms with Crippen LogP contribution in [0.3, 0.4) is 0 Å². The minimum absolute atomic E-state index is 0.0629. The Morgan fingerprint density at radius 2 is 2.00 bits per heavy atom. The normalized spacial score (nSPS) is 11.1. The van der Waals surface area contributed by atoms with Crippen molar-refractivity contribution in [2.45, 2.75) is 19.8 Å². The van der Waals surface area contributed by atoms with E-state index in [1.807, 2.05) is 0 Å². The van der Waals surface area contributed by atoms with Crippen LogP contribution in [0.5, 0.6) is 0 Å². The highest BCUT2D eigenvalue weighted by Gasteiger charge is 2.20. The first-order chi connectivity index (χ1) is 7.15. The Labute approximate surface area is 89.9 Å². The predicted molar refractivity (Wildman–Crippen MR) is 55.1 cm³/mol. The van der Waals surface area contributed by atoms with Gasteiger partial charge in [0.2, 0.25) is 5.78 Å². The van der Waals surface area contributed by atoms with Crippen LogP contribution in [0.25, 0.3) is 0 Å². The SMILES string of the molecule is CC#CC(=O)C(CCOC)CC(=O)OC. The van der Waals surface area contributed by atoms with Crippen LogP contribution < -0.4 is 0 Å². The Bertz CT molecular complexity index is 272. The van der Waals surface area contributed by atoms with Gasteiger partial charge >= 0.3 is 5.97 Å². The summed E-state index contributed by atoms with van der Waals surface area (Å²) in [6, 6.07) is 0. The van der Waals surface area contributed by atoms with Gasteiger partial charge in [-0.2, -0.15) is 0 Å². The molecule has 0 aromatic rings. The Kier molecular flexibility index (Phi) is 7.29. The third-order valence-corrected chi connectivity index (χ3v) is 1.93. The molecule has 0 N–H and O–H groups in total. The molecule has 0 saturated heterocycles. The smallest absolute Gasteiger partial charge is 0.306 e. The van der Waals surface area contributed by atoms with E-state index >= 15 is 0 Å². The number of ether oxygens (including phenoxy) is 2. The number of hydrogen-bond donors (Lipinski definition) is 0. The van der Waals surface area contributed by atoms with Gasteiger partial charge in [0.1, 0.15) is 0 Å². The first-order valence-electron chi connectivity index (χ1n) is 4.68. The highest BCUT2D eigenvalue weighted by Crippen LogP contribution is 2.11. The van der Waals surface area contributed by atoms with Crippen molar-refractivity contribution < 1.29 is 19.1 Å². The molecule has 1 atom stereocenters. The second kappa shape index (κ2) is 8.01. The van der Waals surface area contributed by atoms with Crippen molar-refractivity contribution in [2.75, 3.05) is 20.8 Å². The van der Waals surface area contributed by atoms with Crippen LogP contribution in [-0.2, 0) is 19.1 Å². The van der Waals surface area contributed by atoms with Gasteiger partial charge in [0.25, 0.3) is 0 Å². The van der Waals surface area contributed by atoms with Gasteiger partial charge in [0, 0.05) is 19.6 Å². The fourth-order valence-corrected chi connectivity index (χ4v) is 1.10. The molecule has 0 radical (unpaired) electrons. The summed E-state index contributed by atoms with van der Waals surface area (Å²) in [7, 11) is 2.84. The Morgan fingerprint density at radius 3 is 2.47 bits per heavy atom. The highest BCUT2D eigenvalue weighted by atomic mass is 16.5. The molecule has 0 saturated carbocycles. The van der Waals surface area contributed by atoms with E-state index in [1.54, 1.807) is 14.0 Å². The number of rotatable bonds is 6. The van der Waals surface area contributed by atoms with Crippen LogP contribution in [0.4, 0.5) is 0 Å². The van der Waals surface area contributed by atoms with Crippen LogP contribution in [0.1, 0.15) is 19.8 Å². The third-order valence-electron chi connectivity index (χ3n) is 1.93. The van der Waals surface area contributed by atoms with Crippen molar-refractivity contribution in [3.05, 3.63) is 0 Å². The lowest BCUT2D eigenvalue weighted by Gasteiger charge is -2.10. The maximum atomic E-state index is 11.5. The lowest BCUT2D eigenvalue weighted by Crippen LogP contribution is -2.19. The van der Waals surface area contributed by atoms with Crippen LogP contribution in [0, 0.1) is 17.8 Å². The molecule has 0 aliphatic rings. The van der Waals surface area contributed by atoms with Gasteiger partial charge in [-0.05, 0) is 19.3 Å². The fourth-order valence-electron chi connectivity index (χ4n) is 1.10. The van der Waals surface area contributed by atoms with E-state index in [1.165, 1.54) is 7.11 Å². The summed E-state index contributed by atoms with van der Waals surface area (Å²) in [5.74, 6) is 3.89. The molecule has 0 aromatic heterocycles. The molecule has 1 unspecified atom stereocenters. The van der Waals surface area contributed by atoms with Crippen molar-refractivity contribution in [2.24, 2.45) is 5.92 Å². The van der Waals surface area contributed by atoms with Crippen molar-refractivity contribution in [3.8, 4) is 11.8 Å². The zero-order chi connectivity index (χ0) is 11.7. The molecule has 15 heavy (non-hydrogen) atoms. The molecule has 0 aliphatic carbocycles. The Balaban J connectivity index is 4.33. The summed E-state index contributed by atoms with van der Waals surface area (Å²) in [5.41, 5.74) is 0. The number of methoxy groups -OCH3 is 2. The molecule has 0 heterocycles. The van der Waals surface area contributed by atoms with E-state index in [9.17, 15) is 9.59 Å². The number of carbonyl (C=O) groups is 2. The molecular weight excluding hydrogens is 196 g/mol. The molecular formula is C11H16O4. The second-order valence-electron chi connectivity index (χ2n) is 3.00. The molecule has 0 bridgehead atoms. The number of esters is 1. The van der Waals surface area contributed by atoms with Gasteiger partial charge in [-0.1, -0.05) is 5.92 Å². The van der Waals surface area contributed by atoms with Gasteiger partial charge < -0.3 is 9.47 Å². The molecule has 0 fully saturated rings. The van der Waals surface area contributed by atoms with Gasteiger partial charge in [-0.3, -0.25) is 9.59 Å². The van der Waals surface area contributed by atoms with Crippen molar-refractivity contribution in [3.63, 3.8) is 0 Å². The molecule has 4 nitrogen and oxygen atoms in total. The standard InChI is InChI=1S/C11H16O4/c1-4-5-10(12)9(6-7-14-2)8-11(13)15-3/h9H,6-8H2,1-3H3. The predicted octanol–water partition coefficient (Wildman–Crippen LogP) is 0.795. The van der Waals surface area contributed by atoms with Crippen LogP contribution in [-0.4, -0.2) is 32.6 Å². The second-order valence-corrected chi connectivity index (χ2v) is 3.00. The van der Waals surface area contributed by atoms with E-state index in [-0.39, 0.29) is 12.2 Å². The van der Waals surface area contributed by atoms with Gasteiger partial charge in [-0.15, -0.1) is 0 Å². The molecule has 0 amide bonds. The van der Waals surface area contributed by atoms with Gasteiger partial charge in [0.15, 0.2) is 0 Å². The molecule has 0 aromatic carbocycles. The summed E-state index contributed by atoms with van der Waals surface area (Å²) < 4.78 is 9.37. The van der Waals surface area contributed by atoms with Gasteiger partial charge in [0.05, 0.1) is 13.5 Å². The third kappa shape index (κ3) is 5.87. The molecule has 84 valence electrons. The van der Waals surface area contributed by atoms with Crippen molar-refractivity contribution in [1.29, 1.82) is 0 Å². The lowest BCUT2D eigenvalue weighted by molar-refractivity contribution is -0.143. The van der Waals surface area contributed by atoms with E-state index in [0.29, 0.717) is 13.0 Å². The summed E-state index contributed by atoms with van der Waals surface area (Å²) in [4.78, 5) is 22.5. The summed E-state index contributed by atoms with van der Waals surface area (Å²) in [6.07, 6.45) is 0.548. The average Bonchev–Trinajstić information content (AvgIpc) is 2.24.